The van der Waals surface area contributed by atoms with E-state index in [0.717, 1.165) is 11.1 Å². The van der Waals surface area contributed by atoms with Crippen molar-refractivity contribution in [2.45, 2.75) is 6.17 Å². The van der Waals surface area contributed by atoms with Crippen molar-refractivity contribution in [3.05, 3.63) is 76.9 Å². The Bertz CT molecular complexity index is 591. The predicted octanol–water partition coefficient (Wildman–Crippen LogP) is 4.46. The Labute approximate surface area is 110 Å². The highest BCUT2D eigenvalue weighted by molar-refractivity contribution is 5.65. The maximum atomic E-state index is 13.3. The molecule has 96 valence electrons. The molecule has 2 aromatic rings. The molecule has 0 aliphatic rings. The molecule has 1 atom stereocenters. The molecule has 3 nitrogen and oxygen atoms in total. The van der Waals surface area contributed by atoms with Crippen LogP contribution in [0.2, 0.25) is 0 Å². The molecule has 0 aliphatic carbocycles. The van der Waals surface area contributed by atoms with Gasteiger partial charge in [0.1, 0.15) is 6.17 Å². The van der Waals surface area contributed by atoms with Crippen LogP contribution in [0.5, 0.6) is 0 Å². The second kappa shape index (κ2) is 5.44. The van der Waals surface area contributed by atoms with Crippen LogP contribution in [-0.4, -0.2) is 4.92 Å². The van der Waals surface area contributed by atoms with Crippen LogP contribution in [0.4, 0.5) is 10.1 Å². The lowest BCUT2D eigenvalue weighted by Gasteiger charge is -2.05. The van der Waals surface area contributed by atoms with Gasteiger partial charge >= 0.3 is 0 Å². The molecule has 4 heteroatoms. The van der Waals surface area contributed by atoms with E-state index in [4.69, 9.17) is 0 Å². The summed E-state index contributed by atoms with van der Waals surface area (Å²) in [5.74, 6) is 0. The molecule has 2 rings (SSSR count). The average molecular weight is 257 g/mol. The van der Waals surface area contributed by atoms with E-state index in [1.54, 1.807) is 36.4 Å². The van der Waals surface area contributed by atoms with Crippen LogP contribution in [0.15, 0.2) is 61.2 Å². The van der Waals surface area contributed by atoms with Gasteiger partial charge in [-0.3, -0.25) is 10.1 Å². The third-order valence-corrected chi connectivity index (χ3v) is 2.85. The van der Waals surface area contributed by atoms with Gasteiger partial charge in [0, 0.05) is 12.1 Å². The fourth-order valence-corrected chi connectivity index (χ4v) is 1.77. The van der Waals surface area contributed by atoms with Gasteiger partial charge in [0.05, 0.1) is 4.92 Å². The van der Waals surface area contributed by atoms with Crippen molar-refractivity contribution >= 4 is 5.69 Å². The maximum Gasteiger partial charge on any atom is 0.269 e. The number of hydrogen-bond acceptors (Lipinski definition) is 2. The Kier molecular flexibility index (Phi) is 3.71. The molecule has 0 saturated heterocycles. The summed E-state index contributed by atoms with van der Waals surface area (Å²) >= 11 is 0. The number of allylic oxidation sites excluding steroid dienone is 1. The second-order valence-corrected chi connectivity index (χ2v) is 4.06. The Balaban J connectivity index is 2.27. The summed E-state index contributed by atoms with van der Waals surface area (Å²) in [6.45, 7) is 3.40. The molecular weight excluding hydrogens is 245 g/mol. The SMILES string of the molecule is C=CC(F)c1ccc(-c2ccc([N+](=O)[O-])cc2)cc1. The molecular formula is C15H12FNO2. The largest absolute Gasteiger partial charge is 0.269 e. The van der Waals surface area contributed by atoms with Gasteiger partial charge in [0.25, 0.3) is 5.69 Å². The summed E-state index contributed by atoms with van der Waals surface area (Å²) in [6, 6.07) is 13.2. The van der Waals surface area contributed by atoms with Crippen molar-refractivity contribution in [1.82, 2.24) is 0 Å². The molecule has 19 heavy (non-hydrogen) atoms. The van der Waals surface area contributed by atoms with Crippen molar-refractivity contribution in [1.29, 1.82) is 0 Å². The van der Waals surface area contributed by atoms with Crippen LogP contribution in [0.25, 0.3) is 11.1 Å². The number of alkyl halides is 1. The summed E-state index contributed by atoms with van der Waals surface area (Å²) in [6.07, 6.45) is 0.0619. The number of benzene rings is 2. The van der Waals surface area contributed by atoms with E-state index < -0.39 is 11.1 Å². The maximum absolute atomic E-state index is 13.3. The highest BCUT2D eigenvalue weighted by atomic mass is 19.1. The average Bonchev–Trinajstić information content (AvgIpc) is 2.46. The Morgan fingerprint density at radius 1 is 1.05 bits per heavy atom. The molecule has 0 N–H and O–H groups in total. The third kappa shape index (κ3) is 2.85. The van der Waals surface area contributed by atoms with Crippen molar-refractivity contribution < 1.29 is 9.31 Å². The first-order valence-electron chi connectivity index (χ1n) is 5.73. The van der Waals surface area contributed by atoms with Crippen molar-refractivity contribution in [2.75, 3.05) is 0 Å². The zero-order chi connectivity index (χ0) is 13.8. The van der Waals surface area contributed by atoms with Crippen LogP contribution in [0.1, 0.15) is 11.7 Å². The Morgan fingerprint density at radius 2 is 1.53 bits per heavy atom. The van der Waals surface area contributed by atoms with Gasteiger partial charge in [-0.1, -0.05) is 36.9 Å². The van der Waals surface area contributed by atoms with E-state index in [-0.39, 0.29) is 5.69 Å². The molecule has 0 saturated carbocycles. The normalized spacial score (nSPS) is 11.8. The quantitative estimate of drug-likeness (QED) is 0.461. The van der Waals surface area contributed by atoms with Crippen molar-refractivity contribution in [2.24, 2.45) is 0 Å². The molecule has 1 unspecified atom stereocenters. The van der Waals surface area contributed by atoms with Crippen LogP contribution in [0, 0.1) is 10.1 Å². The number of halogens is 1. The van der Waals surface area contributed by atoms with E-state index in [0.29, 0.717) is 5.56 Å². The van der Waals surface area contributed by atoms with Gasteiger partial charge in [-0.25, -0.2) is 4.39 Å². The van der Waals surface area contributed by atoms with E-state index in [1.807, 2.05) is 0 Å². The Hall–Kier alpha value is -2.49. The van der Waals surface area contributed by atoms with Crippen LogP contribution in [-0.2, 0) is 0 Å². The highest BCUT2D eigenvalue weighted by Gasteiger charge is 2.07. The summed E-state index contributed by atoms with van der Waals surface area (Å²) in [5, 5.41) is 10.6. The summed E-state index contributed by atoms with van der Waals surface area (Å²) in [5.41, 5.74) is 2.33. The van der Waals surface area contributed by atoms with Gasteiger partial charge in [-0.15, -0.1) is 0 Å². The van der Waals surface area contributed by atoms with E-state index >= 15 is 0 Å². The zero-order valence-corrected chi connectivity index (χ0v) is 10.1. The molecule has 0 radical (unpaired) electrons. The topological polar surface area (TPSA) is 43.1 Å². The number of non-ortho nitro benzene ring substituents is 1. The van der Waals surface area contributed by atoms with E-state index in [9.17, 15) is 14.5 Å². The lowest BCUT2D eigenvalue weighted by Crippen LogP contribution is -1.88. The fourth-order valence-electron chi connectivity index (χ4n) is 1.77. The molecule has 0 fully saturated rings. The minimum atomic E-state index is -1.18. The van der Waals surface area contributed by atoms with Gasteiger partial charge in [0.2, 0.25) is 0 Å². The number of nitro groups is 1. The first-order valence-corrected chi connectivity index (χ1v) is 5.73. The van der Waals surface area contributed by atoms with Crippen molar-refractivity contribution in [3.8, 4) is 11.1 Å². The number of nitrogens with zero attached hydrogens (tertiary/aromatic N) is 1. The van der Waals surface area contributed by atoms with Crippen LogP contribution in [0.3, 0.4) is 0 Å². The molecule has 0 aliphatic heterocycles. The van der Waals surface area contributed by atoms with E-state index in [1.165, 1.54) is 18.2 Å². The van der Waals surface area contributed by atoms with Crippen LogP contribution >= 0.6 is 0 Å². The molecule has 0 heterocycles. The minimum absolute atomic E-state index is 0.0517. The van der Waals surface area contributed by atoms with Crippen molar-refractivity contribution in [3.63, 3.8) is 0 Å². The Morgan fingerprint density at radius 3 is 1.95 bits per heavy atom. The lowest BCUT2D eigenvalue weighted by atomic mass is 10.0. The minimum Gasteiger partial charge on any atom is -0.258 e. The highest BCUT2D eigenvalue weighted by Crippen LogP contribution is 2.25. The molecule has 0 amide bonds. The number of rotatable bonds is 4. The molecule has 0 bridgehead atoms. The summed E-state index contributed by atoms with van der Waals surface area (Å²) in [7, 11) is 0. The molecule has 2 aromatic carbocycles. The molecule has 0 spiro atoms. The standard InChI is InChI=1S/C15H12FNO2/c1-2-15(16)13-5-3-11(4-6-13)12-7-9-14(10-8-12)17(18)19/h2-10,15H,1H2. The zero-order valence-electron chi connectivity index (χ0n) is 10.1. The summed E-state index contributed by atoms with van der Waals surface area (Å²) in [4.78, 5) is 10.1. The van der Waals surface area contributed by atoms with Gasteiger partial charge in [-0.2, -0.15) is 0 Å². The van der Waals surface area contributed by atoms with Gasteiger partial charge in [-0.05, 0) is 28.8 Å². The third-order valence-electron chi connectivity index (χ3n) is 2.85. The second-order valence-electron chi connectivity index (χ2n) is 4.06. The fraction of sp³-hybridized carbons (Fsp3) is 0.0667. The lowest BCUT2D eigenvalue weighted by molar-refractivity contribution is -0.384. The first kappa shape index (κ1) is 13.0. The van der Waals surface area contributed by atoms with Gasteiger partial charge in [0.15, 0.2) is 0 Å². The van der Waals surface area contributed by atoms with Gasteiger partial charge < -0.3 is 0 Å². The predicted molar refractivity (Wildman–Crippen MR) is 72.6 cm³/mol. The summed E-state index contributed by atoms with van der Waals surface area (Å²) < 4.78 is 13.3. The number of nitro benzene ring substituents is 1. The first-order chi connectivity index (χ1) is 9.11. The smallest absolute Gasteiger partial charge is 0.258 e. The monoisotopic (exact) mass is 257 g/mol. The number of hydrogen-bond donors (Lipinski definition) is 0. The van der Waals surface area contributed by atoms with E-state index in [2.05, 4.69) is 6.58 Å². The van der Waals surface area contributed by atoms with Crippen LogP contribution < -0.4 is 0 Å². The molecule has 0 aromatic heterocycles.